The molecule has 5 nitrogen and oxygen atoms in total. The first-order valence-electron chi connectivity index (χ1n) is 7.81. The van der Waals surface area contributed by atoms with Crippen molar-refractivity contribution in [3.05, 3.63) is 23.0 Å². The van der Waals surface area contributed by atoms with Crippen LogP contribution in [0.5, 0.6) is 0 Å². The number of piperidine rings is 1. The van der Waals surface area contributed by atoms with E-state index in [-0.39, 0.29) is 5.91 Å². The van der Waals surface area contributed by atoms with E-state index in [4.69, 9.17) is 0 Å². The van der Waals surface area contributed by atoms with Gasteiger partial charge in [-0.25, -0.2) is 0 Å². The summed E-state index contributed by atoms with van der Waals surface area (Å²) in [6.45, 7) is 10.7. The second-order valence-electron chi connectivity index (χ2n) is 6.31. The van der Waals surface area contributed by atoms with Crippen molar-refractivity contribution in [2.75, 3.05) is 19.6 Å². The fourth-order valence-corrected chi connectivity index (χ4v) is 2.76. The van der Waals surface area contributed by atoms with E-state index in [1.807, 2.05) is 24.8 Å². The number of rotatable bonds is 4. The molecule has 2 heterocycles. The van der Waals surface area contributed by atoms with Gasteiger partial charge in [-0.1, -0.05) is 13.8 Å². The highest BCUT2D eigenvalue weighted by Crippen LogP contribution is 2.19. The molecular formula is C16H26N4O. The molecule has 0 spiro atoms. The minimum Gasteiger partial charge on any atom is -0.338 e. The molecule has 1 amide bonds. The van der Waals surface area contributed by atoms with E-state index in [1.165, 1.54) is 6.42 Å². The van der Waals surface area contributed by atoms with Crippen molar-refractivity contribution in [2.45, 2.75) is 46.6 Å². The molecule has 1 aromatic rings. The lowest BCUT2D eigenvalue weighted by Gasteiger charge is -2.33. The van der Waals surface area contributed by atoms with E-state index in [0.29, 0.717) is 23.2 Å². The van der Waals surface area contributed by atoms with Gasteiger partial charge in [0, 0.05) is 19.1 Å². The fraction of sp³-hybridized carbons (Fsp3) is 0.688. The van der Waals surface area contributed by atoms with Gasteiger partial charge in [-0.15, -0.1) is 0 Å². The van der Waals surface area contributed by atoms with Gasteiger partial charge in [0.25, 0.3) is 5.91 Å². The molecule has 0 aliphatic carbocycles. The second kappa shape index (κ2) is 6.98. The molecule has 1 aliphatic heterocycles. The molecule has 2 rings (SSSR count). The standard InChI is InChI=1S/C16H26N4O/c1-11(2)17-9-14-6-5-7-20(10-14)16(21)15-8-12(3)18-19-13(15)4/h8,11,14,17H,5-7,9-10H2,1-4H3. The molecule has 1 saturated heterocycles. The van der Waals surface area contributed by atoms with Crippen LogP contribution < -0.4 is 5.32 Å². The third-order valence-corrected chi connectivity index (χ3v) is 3.95. The number of likely N-dealkylation sites (tertiary alicyclic amines) is 1. The van der Waals surface area contributed by atoms with Gasteiger partial charge in [-0.3, -0.25) is 4.79 Å². The highest BCUT2D eigenvalue weighted by Gasteiger charge is 2.25. The van der Waals surface area contributed by atoms with Gasteiger partial charge in [0.2, 0.25) is 0 Å². The molecule has 1 fully saturated rings. The van der Waals surface area contributed by atoms with E-state index >= 15 is 0 Å². The molecule has 1 aliphatic rings. The van der Waals surface area contributed by atoms with Gasteiger partial charge < -0.3 is 10.2 Å². The summed E-state index contributed by atoms with van der Waals surface area (Å²) in [6.07, 6.45) is 2.27. The summed E-state index contributed by atoms with van der Waals surface area (Å²) < 4.78 is 0. The Hall–Kier alpha value is -1.49. The van der Waals surface area contributed by atoms with Crippen molar-refractivity contribution in [3.63, 3.8) is 0 Å². The number of nitrogens with one attached hydrogen (secondary N) is 1. The van der Waals surface area contributed by atoms with Crippen LogP contribution in [0.2, 0.25) is 0 Å². The van der Waals surface area contributed by atoms with E-state index in [2.05, 4.69) is 29.4 Å². The van der Waals surface area contributed by atoms with E-state index in [1.54, 1.807) is 0 Å². The second-order valence-corrected chi connectivity index (χ2v) is 6.31. The van der Waals surface area contributed by atoms with Crippen LogP contribution in [-0.2, 0) is 0 Å². The van der Waals surface area contributed by atoms with Crippen LogP contribution in [0.15, 0.2) is 6.07 Å². The number of carbonyl (C=O) groups excluding carboxylic acids is 1. The third-order valence-electron chi connectivity index (χ3n) is 3.95. The zero-order valence-electron chi connectivity index (χ0n) is 13.5. The molecule has 116 valence electrons. The van der Waals surface area contributed by atoms with Crippen molar-refractivity contribution in [1.29, 1.82) is 0 Å². The summed E-state index contributed by atoms with van der Waals surface area (Å²) in [6, 6.07) is 2.34. The Morgan fingerprint density at radius 1 is 1.43 bits per heavy atom. The average molecular weight is 290 g/mol. The minimum absolute atomic E-state index is 0.0970. The zero-order chi connectivity index (χ0) is 15.4. The molecular weight excluding hydrogens is 264 g/mol. The lowest BCUT2D eigenvalue weighted by atomic mass is 9.97. The first kappa shape index (κ1) is 15.9. The molecule has 0 radical (unpaired) electrons. The molecule has 1 aromatic heterocycles. The topological polar surface area (TPSA) is 58.1 Å². The van der Waals surface area contributed by atoms with Gasteiger partial charge >= 0.3 is 0 Å². The summed E-state index contributed by atoms with van der Waals surface area (Å²) in [5.41, 5.74) is 2.20. The number of amides is 1. The molecule has 1 atom stereocenters. The Morgan fingerprint density at radius 2 is 2.19 bits per heavy atom. The molecule has 5 heteroatoms. The summed E-state index contributed by atoms with van der Waals surface area (Å²) in [4.78, 5) is 14.7. The third kappa shape index (κ3) is 4.24. The van der Waals surface area contributed by atoms with Gasteiger partial charge in [-0.05, 0) is 45.2 Å². The van der Waals surface area contributed by atoms with Gasteiger partial charge in [0.15, 0.2) is 0 Å². The molecule has 1 unspecified atom stereocenters. The number of aromatic nitrogens is 2. The van der Waals surface area contributed by atoms with Crippen molar-refractivity contribution in [1.82, 2.24) is 20.4 Å². The summed E-state index contributed by atoms with van der Waals surface area (Å²) in [5.74, 6) is 0.640. The van der Waals surface area contributed by atoms with Crippen LogP contribution in [-0.4, -0.2) is 46.7 Å². The molecule has 0 saturated carbocycles. The van der Waals surface area contributed by atoms with Gasteiger partial charge in [0.05, 0.1) is 17.0 Å². The Morgan fingerprint density at radius 3 is 2.90 bits per heavy atom. The lowest BCUT2D eigenvalue weighted by Crippen LogP contribution is -2.44. The number of hydrogen-bond donors (Lipinski definition) is 1. The van der Waals surface area contributed by atoms with Crippen LogP contribution in [0, 0.1) is 19.8 Å². The van der Waals surface area contributed by atoms with Crippen LogP contribution in [0.1, 0.15) is 48.4 Å². The molecule has 0 aromatic carbocycles. The summed E-state index contributed by atoms with van der Waals surface area (Å²) in [5, 5.41) is 11.5. The summed E-state index contributed by atoms with van der Waals surface area (Å²) in [7, 11) is 0. The largest absolute Gasteiger partial charge is 0.338 e. The van der Waals surface area contributed by atoms with E-state index in [9.17, 15) is 4.79 Å². The predicted molar refractivity (Wildman–Crippen MR) is 83.3 cm³/mol. The van der Waals surface area contributed by atoms with Crippen molar-refractivity contribution in [3.8, 4) is 0 Å². The number of aryl methyl sites for hydroxylation is 2. The van der Waals surface area contributed by atoms with Crippen molar-refractivity contribution >= 4 is 5.91 Å². The summed E-state index contributed by atoms with van der Waals surface area (Å²) >= 11 is 0. The number of hydrogen-bond acceptors (Lipinski definition) is 4. The van der Waals surface area contributed by atoms with Crippen molar-refractivity contribution in [2.24, 2.45) is 5.92 Å². The Bertz CT molecular complexity index is 501. The maximum absolute atomic E-state index is 12.7. The first-order valence-corrected chi connectivity index (χ1v) is 7.81. The average Bonchev–Trinajstić information content (AvgIpc) is 2.47. The van der Waals surface area contributed by atoms with Gasteiger partial charge in [-0.2, -0.15) is 10.2 Å². The number of carbonyl (C=O) groups is 1. The number of nitrogens with zero attached hydrogens (tertiary/aromatic N) is 3. The SMILES string of the molecule is Cc1cc(C(=O)N2CCCC(CNC(C)C)C2)c(C)nn1. The van der Waals surface area contributed by atoms with Crippen molar-refractivity contribution < 1.29 is 4.79 Å². The monoisotopic (exact) mass is 290 g/mol. The molecule has 0 bridgehead atoms. The Kier molecular flexibility index (Phi) is 5.28. The Balaban J connectivity index is 2.03. The Labute approximate surface area is 127 Å². The van der Waals surface area contributed by atoms with E-state index < -0.39 is 0 Å². The highest BCUT2D eigenvalue weighted by molar-refractivity contribution is 5.95. The maximum Gasteiger partial charge on any atom is 0.255 e. The predicted octanol–water partition coefficient (Wildman–Crippen LogP) is 1.94. The lowest BCUT2D eigenvalue weighted by molar-refractivity contribution is 0.0670. The highest BCUT2D eigenvalue weighted by atomic mass is 16.2. The van der Waals surface area contributed by atoms with Gasteiger partial charge in [0.1, 0.15) is 0 Å². The molecule has 21 heavy (non-hydrogen) atoms. The van der Waals surface area contributed by atoms with Crippen LogP contribution in [0.25, 0.3) is 0 Å². The molecule has 1 N–H and O–H groups in total. The maximum atomic E-state index is 12.7. The first-order chi connectivity index (χ1) is 9.97. The fourth-order valence-electron chi connectivity index (χ4n) is 2.76. The van der Waals surface area contributed by atoms with Crippen LogP contribution >= 0.6 is 0 Å². The van der Waals surface area contributed by atoms with E-state index in [0.717, 1.165) is 31.7 Å². The normalized spacial score (nSPS) is 19.1. The zero-order valence-corrected chi connectivity index (χ0v) is 13.5. The quantitative estimate of drug-likeness (QED) is 0.920. The minimum atomic E-state index is 0.0970. The van der Waals surface area contributed by atoms with Crippen LogP contribution in [0.4, 0.5) is 0 Å². The van der Waals surface area contributed by atoms with Crippen LogP contribution in [0.3, 0.4) is 0 Å². The smallest absolute Gasteiger partial charge is 0.255 e.